The molecule has 4 N–H and O–H groups in total. The molecule has 5 rings (SSSR count). The highest BCUT2D eigenvalue weighted by atomic mass is 19.1. The fourth-order valence-electron chi connectivity index (χ4n) is 4.51. The van der Waals surface area contributed by atoms with Crippen molar-refractivity contribution in [2.45, 2.75) is 19.8 Å². The van der Waals surface area contributed by atoms with Crippen LogP contribution in [0, 0.1) is 5.82 Å². The SMILES string of the molecule is CC(C)c1c2cc(-c3nc(Nc4ccc(N5CCNCC5)cn4)ncc3F)ccc2nn1C.O=C(O)C=CC(=O)O. The van der Waals surface area contributed by atoms with E-state index >= 15 is 0 Å². The molecule has 0 aliphatic carbocycles. The predicted octanol–water partition coefficient (Wildman–Crippen LogP) is 3.55. The Morgan fingerprint density at radius 3 is 2.37 bits per heavy atom. The Balaban J connectivity index is 0.000000426. The molecule has 0 unspecified atom stereocenters. The van der Waals surface area contributed by atoms with Crippen molar-refractivity contribution >= 4 is 40.3 Å². The highest BCUT2D eigenvalue weighted by Gasteiger charge is 2.16. The molecule has 1 saturated heterocycles. The Kier molecular flexibility index (Phi) is 9.19. The molecule has 41 heavy (non-hydrogen) atoms. The first-order valence-corrected chi connectivity index (χ1v) is 12.9. The molecule has 0 atom stereocenters. The first kappa shape index (κ1) is 29.1. The number of carboxylic acids is 2. The number of nitrogens with zero attached hydrogens (tertiary/aromatic N) is 6. The van der Waals surface area contributed by atoms with Gasteiger partial charge in [0.1, 0.15) is 11.5 Å². The number of hydrogen-bond acceptors (Lipinski definition) is 9. The average Bonchev–Trinajstić information content (AvgIpc) is 3.29. The molecule has 1 aliphatic rings. The monoisotopic (exact) mass is 562 g/mol. The third-order valence-electron chi connectivity index (χ3n) is 6.28. The van der Waals surface area contributed by atoms with E-state index in [1.54, 1.807) is 0 Å². The highest BCUT2D eigenvalue weighted by Crippen LogP contribution is 2.30. The third-order valence-corrected chi connectivity index (χ3v) is 6.28. The lowest BCUT2D eigenvalue weighted by molar-refractivity contribution is -0.134. The first-order valence-electron chi connectivity index (χ1n) is 12.9. The number of anilines is 3. The van der Waals surface area contributed by atoms with Crippen LogP contribution in [-0.4, -0.2) is 73.1 Å². The molecular formula is C28H31FN8O4. The highest BCUT2D eigenvalue weighted by molar-refractivity contribution is 5.89. The Bertz CT molecular complexity index is 1550. The number of hydrogen-bond donors (Lipinski definition) is 4. The summed E-state index contributed by atoms with van der Waals surface area (Å²) < 4.78 is 16.6. The van der Waals surface area contributed by atoms with Gasteiger partial charge in [0.05, 0.1) is 23.6 Å². The van der Waals surface area contributed by atoms with Crippen molar-refractivity contribution in [3.63, 3.8) is 0 Å². The summed E-state index contributed by atoms with van der Waals surface area (Å²) in [6, 6.07) is 9.61. The molecule has 0 saturated carbocycles. The number of halogens is 1. The van der Waals surface area contributed by atoms with Crippen LogP contribution in [0.4, 0.5) is 21.8 Å². The van der Waals surface area contributed by atoms with E-state index < -0.39 is 17.8 Å². The maximum Gasteiger partial charge on any atom is 0.328 e. The van der Waals surface area contributed by atoms with Crippen molar-refractivity contribution in [3.8, 4) is 11.3 Å². The van der Waals surface area contributed by atoms with Crippen molar-refractivity contribution < 1.29 is 24.2 Å². The van der Waals surface area contributed by atoms with E-state index in [9.17, 15) is 14.0 Å². The van der Waals surface area contributed by atoms with Gasteiger partial charge in [-0.25, -0.2) is 28.9 Å². The van der Waals surface area contributed by atoms with Crippen LogP contribution in [0.5, 0.6) is 0 Å². The number of pyridine rings is 1. The van der Waals surface area contributed by atoms with Gasteiger partial charge in [0.25, 0.3) is 0 Å². The van der Waals surface area contributed by atoms with Crippen molar-refractivity contribution in [2.75, 3.05) is 36.4 Å². The molecule has 0 spiro atoms. The molecule has 214 valence electrons. The van der Waals surface area contributed by atoms with Gasteiger partial charge in [-0.05, 0) is 30.2 Å². The number of benzene rings is 1. The molecular weight excluding hydrogens is 531 g/mol. The zero-order valence-corrected chi connectivity index (χ0v) is 22.9. The predicted molar refractivity (Wildman–Crippen MR) is 153 cm³/mol. The number of carboxylic acid groups (broad SMARTS) is 2. The van der Waals surface area contributed by atoms with Gasteiger partial charge in [0, 0.05) is 62.0 Å². The number of aromatic nitrogens is 5. The topological polar surface area (TPSA) is 158 Å². The van der Waals surface area contributed by atoms with Gasteiger partial charge in [-0.1, -0.05) is 19.9 Å². The van der Waals surface area contributed by atoms with Crippen LogP contribution >= 0.6 is 0 Å². The summed E-state index contributed by atoms with van der Waals surface area (Å²) in [4.78, 5) is 34.5. The Labute approximate surface area is 235 Å². The summed E-state index contributed by atoms with van der Waals surface area (Å²) >= 11 is 0. The van der Waals surface area contributed by atoms with Crippen molar-refractivity contribution in [1.82, 2.24) is 30.0 Å². The lowest BCUT2D eigenvalue weighted by Gasteiger charge is -2.29. The van der Waals surface area contributed by atoms with Crippen molar-refractivity contribution in [1.29, 1.82) is 0 Å². The molecule has 0 bridgehead atoms. The van der Waals surface area contributed by atoms with Gasteiger partial charge in [0.15, 0.2) is 5.82 Å². The minimum absolute atomic E-state index is 0.241. The summed E-state index contributed by atoms with van der Waals surface area (Å²) in [5.74, 6) is -1.80. The molecule has 0 radical (unpaired) electrons. The normalized spacial score (nSPS) is 13.3. The number of fused-ring (bicyclic) bond motifs is 1. The van der Waals surface area contributed by atoms with E-state index in [0.717, 1.165) is 48.5 Å². The van der Waals surface area contributed by atoms with Crippen LogP contribution in [0.2, 0.25) is 0 Å². The van der Waals surface area contributed by atoms with E-state index in [1.165, 1.54) is 6.20 Å². The second-order valence-corrected chi connectivity index (χ2v) is 9.56. The Morgan fingerprint density at radius 2 is 1.76 bits per heavy atom. The van der Waals surface area contributed by atoms with Crippen LogP contribution < -0.4 is 15.5 Å². The maximum absolute atomic E-state index is 14.7. The maximum atomic E-state index is 14.7. The van der Waals surface area contributed by atoms with Crippen LogP contribution in [0.25, 0.3) is 22.2 Å². The van der Waals surface area contributed by atoms with Crippen molar-refractivity contribution in [3.05, 3.63) is 66.4 Å². The minimum atomic E-state index is -1.26. The summed E-state index contributed by atoms with van der Waals surface area (Å²) in [6.45, 7) is 8.09. The quantitative estimate of drug-likeness (QED) is 0.244. The number of rotatable bonds is 7. The summed E-state index contributed by atoms with van der Waals surface area (Å²) in [7, 11) is 1.93. The molecule has 4 aromatic rings. The van der Waals surface area contributed by atoms with Crippen LogP contribution in [-0.2, 0) is 16.6 Å². The number of aliphatic carboxylic acids is 2. The average molecular weight is 563 g/mol. The number of nitrogens with one attached hydrogen (secondary N) is 2. The summed E-state index contributed by atoms with van der Waals surface area (Å²) in [5.41, 5.74) is 3.99. The standard InChI is InChI=1S/C24H27FN8.C4H4O4/c1-15(2)23-18-12-16(4-6-20(18)31-32(23)3)22-19(25)14-28-24(30-22)29-21-7-5-17(13-27-21)33-10-8-26-9-11-33;5-3(6)1-2-4(7)8/h4-7,12-15,26H,8-11H2,1-3H3,(H,27,28,29,30);1-2H,(H,5,6)(H,7,8). The molecule has 3 aromatic heterocycles. The van der Waals surface area contributed by atoms with Gasteiger partial charge < -0.3 is 25.7 Å². The van der Waals surface area contributed by atoms with Crippen LogP contribution in [0.1, 0.15) is 25.5 Å². The number of aryl methyl sites for hydroxylation is 1. The summed E-state index contributed by atoms with van der Waals surface area (Å²) in [5, 5.41) is 27.6. The van der Waals surface area contributed by atoms with Gasteiger partial charge in [-0.2, -0.15) is 5.10 Å². The summed E-state index contributed by atoms with van der Waals surface area (Å²) in [6.07, 6.45) is 4.14. The Morgan fingerprint density at radius 1 is 1.05 bits per heavy atom. The molecule has 1 aromatic carbocycles. The van der Waals surface area contributed by atoms with E-state index in [-0.39, 0.29) is 11.6 Å². The van der Waals surface area contributed by atoms with Crippen LogP contribution in [0.3, 0.4) is 0 Å². The fraction of sp³-hybridized carbons (Fsp3) is 0.286. The smallest absolute Gasteiger partial charge is 0.328 e. The van der Waals surface area contributed by atoms with Gasteiger partial charge >= 0.3 is 11.9 Å². The largest absolute Gasteiger partial charge is 0.478 e. The molecule has 0 amide bonds. The molecule has 13 heteroatoms. The van der Waals surface area contributed by atoms with Gasteiger partial charge in [-0.15, -0.1) is 0 Å². The van der Waals surface area contributed by atoms with E-state index in [1.807, 2.05) is 48.3 Å². The van der Waals surface area contributed by atoms with Crippen molar-refractivity contribution in [2.24, 2.45) is 7.05 Å². The fourth-order valence-corrected chi connectivity index (χ4v) is 4.51. The first-order chi connectivity index (χ1) is 19.6. The molecule has 1 aliphatic heterocycles. The lowest BCUT2D eigenvalue weighted by Crippen LogP contribution is -2.43. The van der Waals surface area contributed by atoms with E-state index in [4.69, 9.17) is 10.2 Å². The third kappa shape index (κ3) is 7.39. The Hall–Kier alpha value is -4.91. The van der Waals surface area contributed by atoms with Crippen LogP contribution in [0.15, 0.2) is 54.9 Å². The van der Waals surface area contributed by atoms with E-state index in [2.05, 4.69) is 49.4 Å². The molecule has 1 fully saturated rings. The second kappa shape index (κ2) is 13.0. The number of carbonyl (C=O) groups is 2. The van der Waals surface area contributed by atoms with Gasteiger partial charge in [-0.3, -0.25) is 4.68 Å². The zero-order chi connectivity index (χ0) is 29.5. The lowest BCUT2D eigenvalue weighted by atomic mass is 10.0. The number of piperazine rings is 1. The minimum Gasteiger partial charge on any atom is -0.478 e. The molecule has 12 nitrogen and oxygen atoms in total. The zero-order valence-electron chi connectivity index (χ0n) is 22.9. The van der Waals surface area contributed by atoms with Gasteiger partial charge in [0.2, 0.25) is 5.95 Å². The molecule has 4 heterocycles. The van der Waals surface area contributed by atoms with E-state index in [0.29, 0.717) is 29.5 Å². The second-order valence-electron chi connectivity index (χ2n) is 9.56.